The van der Waals surface area contributed by atoms with Crippen molar-refractivity contribution in [3.8, 4) is 0 Å². The van der Waals surface area contributed by atoms with Crippen LogP contribution in [0.1, 0.15) is 30.4 Å². The number of hydrogen-bond donors (Lipinski definition) is 2. The molecule has 1 aromatic heterocycles. The van der Waals surface area contributed by atoms with Crippen molar-refractivity contribution < 1.29 is 9.50 Å². The second-order valence-electron chi connectivity index (χ2n) is 6.46. The summed E-state index contributed by atoms with van der Waals surface area (Å²) in [7, 11) is 0. The Balaban J connectivity index is 1.72. The van der Waals surface area contributed by atoms with Gasteiger partial charge in [-0.3, -0.25) is 4.98 Å². The number of benzene rings is 2. The van der Waals surface area contributed by atoms with Crippen molar-refractivity contribution in [3.05, 3.63) is 77.7 Å². The minimum atomic E-state index is -0.372. The third-order valence-corrected chi connectivity index (χ3v) is 4.35. The van der Waals surface area contributed by atoms with Crippen molar-refractivity contribution >= 4 is 10.9 Å². The first kappa shape index (κ1) is 17.5. The Bertz CT molecular complexity index is 820. The van der Waals surface area contributed by atoms with Gasteiger partial charge in [-0.25, -0.2) is 4.39 Å². The summed E-state index contributed by atoms with van der Waals surface area (Å²) in [6, 6.07) is 16.9. The Labute approximate surface area is 147 Å². The first-order valence-corrected chi connectivity index (χ1v) is 8.60. The SMILES string of the molecule is CC(O)CC(CNCc1cc(F)cc2cccnc12)c1ccccc1. The minimum absolute atomic E-state index is 0.203. The van der Waals surface area contributed by atoms with Crippen LogP contribution >= 0.6 is 0 Å². The summed E-state index contributed by atoms with van der Waals surface area (Å²) in [4.78, 5) is 4.38. The summed E-state index contributed by atoms with van der Waals surface area (Å²) < 4.78 is 13.8. The van der Waals surface area contributed by atoms with E-state index in [1.165, 1.54) is 17.7 Å². The molecule has 2 N–H and O–H groups in total. The summed E-state index contributed by atoms with van der Waals surface area (Å²) in [6.07, 6.45) is 2.03. The number of halogens is 1. The highest BCUT2D eigenvalue weighted by Crippen LogP contribution is 2.22. The fourth-order valence-electron chi connectivity index (χ4n) is 3.22. The van der Waals surface area contributed by atoms with E-state index >= 15 is 0 Å². The van der Waals surface area contributed by atoms with E-state index in [-0.39, 0.29) is 17.8 Å². The molecular formula is C21H23FN2O. The van der Waals surface area contributed by atoms with Crippen molar-refractivity contribution in [2.24, 2.45) is 0 Å². The number of fused-ring (bicyclic) bond motifs is 1. The molecule has 2 aromatic carbocycles. The predicted octanol–water partition coefficient (Wildman–Crippen LogP) is 4.02. The number of aliphatic hydroxyl groups is 1. The molecule has 1 heterocycles. The van der Waals surface area contributed by atoms with Gasteiger partial charge in [0.25, 0.3) is 0 Å². The maximum Gasteiger partial charge on any atom is 0.124 e. The van der Waals surface area contributed by atoms with E-state index in [9.17, 15) is 9.50 Å². The first-order valence-electron chi connectivity index (χ1n) is 8.60. The number of aromatic nitrogens is 1. The molecule has 0 spiro atoms. The number of aliphatic hydroxyl groups excluding tert-OH is 1. The largest absolute Gasteiger partial charge is 0.393 e. The molecule has 0 saturated carbocycles. The standard InChI is InChI=1S/C21H23FN2O/c1-15(25)10-18(16-6-3-2-4-7-16)13-23-14-19-12-20(22)11-17-8-5-9-24-21(17)19/h2-9,11-12,15,18,23,25H,10,13-14H2,1H3. The average molecular weight is 338 g/mol. The lowest BCUT2D eigenvalue weighted by Crippen LogP contribution is -2.24. The Morgan fingerprint density at radius 2 is 1.92 bits per heavy atom. The molecule has 0 aliphatic rings. The normalized spacial score (nSPS) is 13.7. The zero-order chi connectivity index (χ0) is 17.6. The minimum Gasteiger partial charge on any atom is -0.393 e. The number of rotatable bonds is 7. The summed E-state index contributed by atoms with van der Waals surface area (Å²) >= 11 is 0. The molecule has 130 valence electrons. The first-order chi connectivity index (χ1) is 12.1. The molecule has 0 amide bonds. The highest BCUT2D eigenvalue weighted by molar-refractivity contribution is 5.81. The Morgan fingerprint density at radius 3 is 2.68 bits per heavy atom. The van der Waals surface area contributed by atoms with E-state index < -0.39 is 0 Å². The molecule has 0 bridgehead atoms. The second-order valence-corrected chi connectivity index (χ2v) is 6.46. The Hall–Kier alpha value is -2.30. The predicted molar refractivity (Wildman–Crippen MR) is 98.9 cm³/mol. The Kier molecular flexibility index (Phi) is 5.74. The van der Waals surface area contributed by atoms with Crippen LogP contribution in [-0.4, -0.2) is 22.7 Å². The van der Waals surface area contributed by atoms with Gasteiger partial charge in [0.05, 0.1) is 11.6 Å². The maximum atomic E-state index is 13.8. The maximum absolute atomic E-state index is 13.8. The number of nitrogens with one attached hydrogen (secondary N) is 1. The van der Waals surface area contributed by atoms with Gasteiger partial charge in [0.1, 0.15) is 5.82 Å². The second kappa shape index (κ2) is 8.19. The van der Waals surface area contributed by atoms with Crippen LogP contribution in [0.2, 0.25) is 0 Å². The van der Waals surface area contributed by atoms with Crippen molar-refractivity contribution in [1.29, 1.82) is 0 Å². The molecule has 4 heteroatoms. The molecule has 25 heavy (non-hydrogen) atoms. The van der Waals surface area contributed by atoms with Gasteiger partial charge in [-0.05, 0) is 48.6 Å². The molecular weight excluding hydrogens is 315 g/mol. The van der Waals surface area contributed by atoms with Gasteiger partial charge in [-0.1, -0.05) is 36.4 Å². The smallest absolute Gasteiger partial charge is 0.124 e. The van der Waals surface area contributed by atoms with Gasteiger partial charge in [0, 0.05) is 24.7 Å². The lowest BCUT2D eigenvalue weighted by Gasteiger charge is -2.20. The molecule has 3 rings (SSSR count). The van der Waals surface area contributed by atoms with E-state index in [0.29, 0.717) is 19.5 Å². The van der Waals surface area contributed by atoms with Gasteiger partial charge in [-0.2, -0.15) is 0 Å². The summed E-state index contributed by atoms with van der Waals surface area (Å²) in [5, 5.41) is 14.0. The van der Waals surface area contributed by atoms with Crippen LogP contribution < -0.4 is 5.32 Å². The fraction of sp³-hybridized carbons (Fsp3) is 0.286. The quantitative estimate of drug-likeness (QED) is 0.684. The monoisotopic (exact) mass is 338 g/mol. The van der Waals surface area contributed by atoms with Crippen molar-refractivity contribution in [2.75, 3.05) is 6.54 Å². The van der Waals surface area contributed by atoms with E-state index in [1.54, 1.807) is 13.1 Å². The summed E-state index contributed by atoms with van der Waals surface area (Å²) in [6.45, 7) is 3.05. The summed E-state index contributed by atoms with van der Waals surface area (Å²) in [5.41, 5.74) is 2.86. The van der Waals surface area contributed by atoms with Crippen LogP contribution in [0.5, 0.6) is 0 Å². The van der Waals surface area contributed by atoms with Gasteiger partial charge in [-0.15, -0.1) is 0 Å². The van der Waals surface area contributed by atoms with Crippen molar-refractivity contribution in [3.63, 3.8) is 0 Å². The molecule has 3 nitrogen and oxygen atoms in total. The highest BCUT2D eigenvalue weighted by atomic mass is 19.1. The zero-order valence-corrected chi connectivity index (χ0v) is 14.3. The van der Waals surface area contributed by atoms with E-state index in [0.717, 1.165) is 16.5 Å². The molecule has 0 radical (unpaired) electrons. The number of pyridine rings is 1. The average Bonchev–Trinajstić information content (AvgIpc) is 2.61. The van der Waals surface area contributed by atoms with Crippen molar-refractivity contribution in [2.45, 2.75) is 31.9 Å². The van der Waals surface area contributed by atoms with Crippen LogP contribution in [0.3, 0.4) is 0 Å². The van der Waals surface area contributed by atoms with Crippen LogP contribution in [0, 0.1) is 5.82 Å². The van der Waals surface area contributed by atoms with Gasteiger partial charge in [0.15, 0.2) is 0 Å². The van der Waals surface area contributed by atoms with Gasteiger partial charge in [0.2, 0.25) is 0 Å². The van der Waals surface area contributed by atoms with E-state index in [4.69, 9.17) is 0 Å². The molecule has 0 aliphatic heterocycles. The van der Waals surface area contributed by atoms with Gasteiger partial charge < -0.3 is 10.4 Å². The third-order valence-electron chi connectivity index (χ3n) is 4.35. The Morgan fingerprint density at radius 1 is 1.12 bits per heavy atom. The lowest BCUT2D eigenvalue weighted by atomic mass is 9.93. The third kappa shape index (κ3) is 4.62. The van der Waals surface area contributed by atoms with Gasteiger partial charge >= 0.3 is 0 Å². The number of nitrogens with zero attached hydrogens (tertiary/aromatic N) is 1. The van der Waals surface area contributed by atoms with E-state index in [2.05, 4.69) is 22.4 Å². The van der Waals surface area contributed by atoms with Crippen LogP contribution in [0.15, 0.2) is 60.8 Å². The lowest BCUT2D eigenvalue weighted by molar-refractivity contribution is 0.173. The molecule has 2 unspecified atom stereocenters. The highest BCUT2D eigenvalue weighted by Gasteiger charge is 2.14. The number of hydrogen-bond acceptors (Lipinski definition) is 3. The van der Waals surface area contributed by atoms with Crippen molar-refractivity contribution in [1.82, 2.24) is 10.3 Å². The molecule has 0 fully saturated rings. The molecule has 3 aromatic rings. The fourth-order valence-corrected chi connectivity index (χ4v) is 3.22. The molecule has 2 atom stereocenters. The van der Waals surface area contributed by atoms with E-state index in [1.807, 2.05) is 30.3 Å². The molecule has 0 aliphatic carbocycles. The van der Waals surface area contributed by atoms with Crippen LogP contribution in [-0.2, 0) is 6.54 Å². The topological polar surface area (TPSA) is 45.1 Å². The summed E-state index contributed by atoms with van der Waals surface area (Å²) in [5.74, 6) is -0.0464. The van der Waals surface area contributed by atoms with Crippen LogP contribution in [0.4, 0.5) is 4.39 Å². The molecule has 0 saturated heterocycles. The zero-order valence-electron chi connectivity index (χ0n) is 14.3. The van der Waals surface area contributed by atoms with Crippen LogP contribution in [0.25, 0.3) is 10.9 Å².